The fourth-order valence-electron chi connectivity index (χ4n) is 2.94. The van der Waals surface area contributed by atoms with Crippen molar-refractivity contribution in [3.63, 3.8) is 0 Å². The first-order valence-corrected chi connectivity index (χ1v) is 7.42. The lowest BCUT2D eigenvalue weighted by Gasteiger charge is -2.22. The van der Waals surface area contributed by atoms with Crippen LogP contribution in [-0.2, 0) is 12.7 Å². The molecule has 0 saturated carbocycles. The van der Waals surface area contributed by atoms with Crippen LogP contribution in [0.1, 0.15) is 31.4 Å². The van der Waals surface area contributed by atoms with Gasteiger partial charge in [0.05, 0.1) is 5.56 Å². The molecule has 1 heterocycles. The number of rotatable bonds is 4. The zero-order valence-corrected chi connectivity index (χ0v) is 12.8. The summed E-state index contributed by atoms with van der Waals surface area (Å²) in [6.45, 7) is 6.26. The summed E-state index contributed by atoms with van der Waals surface area (Å²) in [4.78, 5) is 2.07. The Bertz CT molecular complexity index is 483. The molecule has 118 valence electrons. The number of anilines is 1. The first kappa shape index (κ1) is 16.1. The molecule has 1 N–H and O–H groups in total. The third-order valence-electron chi connectivity index (χ3n) is 4.30. The molecule has 0 spiro atoms. The van der Waals surface area contributed by atoms with Crippen molar-refractivity contribution in [1.29, 1.82) is 0 Å². The van der Waals surface area contributed by atoms with Crippen molar-refractivity contribution in [2.75, 3.05) is 25.0 Å². The van der Waals surface area contributed by atoms with Crippen molar-refractivity contribution in [2.24, 2.45) is 11.8 Å². The molecule has 1 aromatic rings. The SMILES string of the molecule is CNCc1ccc(N2CCC(C(C)C)C2)cc1C(F)(F)F. The molecule has 1 atom stereocenters. The standard InChI is InChI=1S/C16H23F3N2/c1-11(2)13-6-7-21(10-13)14-5-4-12(9-20-3)15(8-14)16(17,18)19/h4-5,8,11,13,20H,6-7,9-10H2,1-3H3. The number of hydrogen-bond donors (Lipinski definition) is 1. The molecule has 1 unspecified atom stereocenters. The fourth-order valence-corrected chi connectivity index (χ4v) is 2.94. The lowest BCUT2D eigenvalue weighted by Crippen LogP contribution is -2.22. The van der Waals surface area contributed by atoms with E-state index in [9.17, 15) is 13.2 Å². The minimum absolute atomic E-state index is 0.226. The summed E-state index contributed by atoms with van der Waals surface area (Å²) in [6, 6.07) is 4.71. The van der Waals surface area contributed by atoms with Crippen LogP contribution in [0.25, 0.3) is 0 Å². The minimum atomic E-state index is -4.31. The molecular formula is C16H23F3N2. The second-order valence-corrected chi connectivity index (χ2v) is 6.11. The lowest BCUT2D eigenvalue weighted by molar-refractivity contribution is -0.138. The third kappa shape index (κ3) is 3.70. The topological polar surface area (TPSA) is 15.3 Å². The van der Waals surface area contributed by atoms with Crippen LogP contribution >= 0.6 is 0 Å². The van der Waals surface area contributed by atoms with Crippen molar-refractivity contribution in [3.8, 4) is 0 Å². The summed E-state index contributed by atoms with van der Waals surface area (Å²) in [5, 5.41) is 2.79. The Morgan fingerprint density at radius 2 is 2.05 bits per heavy atom. The summed E-state index contributed by atoms with van der Waals surface area (Å²) in [6.07, 6.45) is -3.25. The van der Waals surface area contributed by atoms with Gasteiger partial charge in [-0.1, -0.05) is 19.9 Å². The predicted molar refractivity (Wildman–Crippen MR) is 79.4 cm³/mol. The molecule has 1 fully saturated rings. The van der Waals surface area contributed by atoms with E-state index >= 15 is 0 Å². The van der Waals surface area contributed by atoms with Gasteiger partial charge in [-0.3, -0.25) is 0 Å². The van der Waals surface area contributed by atoms with E-state index in [0.29, 0.717) is 23.1 Å². The van der Waals surface area contributed by atoms with Gasteiger partial charge in [0.1, 0.15) is 0 Å². The van der Waals surface area contributed by atoms with Gasteiger partial charge in [-0.05, 0) is 43.0 Å². The quantitative estimate of drug-likeness (QED) is 0.907. The number of halogens is 3. The van der Waals surface area contributed by atoms with E-state index in [0.717, 1.165) is 19.5 Å². The van der Waals surface area contributed by atoms with Gasteiger partial charge in [0.15, 0.2) is 0 Å². The van der Waals surface area contributed by atoms with Gasteiger partial charge in [0.2, 0.25) is 0 Å². The Hall–Kier alpha value is -1.23. The van der Waals surface area contributed by atoms with E-state index in [2.05, 4.69) is 24.1 Å². The first-order chi connectivity index (χ1) is 9.82. The maximum absolute atomic E-state index is 13.2. The number of nitrogens with zero attached hydrogens (tertiary/aromatic N) is 1. The van der Waals surface area contributed by atoms with E-state index in [1.807, 2.05) is 6.07 Å². The minimum Gasteiger partial charge on any atom is -0.371 e. The molecule has 0 amide bonds. The Balaban J connectivity index is 2.26. The summed E-state index contributed by atoms with van der Waals surface area (Å²) in [5.41, 5.74) is 0.459. The molecular weight excluding hydrogens is 277 g/mol. The summed E-state index contributed by atoms with van der Waals surface area (Å²) in [7, 11) is 1.65. The molecule has 1 saturated heterocycles. The van der Waals surface area contributed by atoms with Gasteiger partial charge in [0.25, 0.3) is 0 Å². The smallest absolute Gasteiger partial charge is 0.371 e. The Morgan fingerprint density at radius 3 is 2.57 bits per heavy atom. The van der Waals surface area contributed by atoms with Crippen LogP contribution in [0.15, 0.2) is 18.2 Å². The average molecular weight is 300 g/mol. The Kier molecular flexibility index (Phi) is 4.81. The van der Waals surface area contributed by atoms with Crippen molar-refractivity contribution in [3.05, 3.63) is 29.3 Å². The summed E-state index contributed by atoms with van der Waals surface area (Å²) >= 11 is 0. The molecule has 0 aromatic heterocycles. The van der Waals surface area contributed by atoms with Crippen LogP contribution in [0.3, 0.4) is 0 Å². The Morgan fingerprint density at radius 1 is 1.33 bits per heavy atom. The monoisotopic (exact) mass is 300 g/mol. The van der Waals surface area contributed by atoms with E-state index < -0.39 is 11.7 Å². The Labute approximate surface area is 124 Å². The van der Waals surface area contributed by atoms with Gasteiger partial charge in [0, 0.05) is 25.3 Å². The number of alkyl halides is 3. The van der Waals surface area contributed by atoms with Crippen LogP contribution in [0.4, 0.5) is 18.9 Å². The normalized spacial score (nSPS) is 19.6. The van der Waals surface area contributed by atoms with Crippen LogP contribution in [0.5, 0.6) is 0 Å². The van der Waals surface area contributed by atoms with Crippen molar-refractivity contribution in [1.82, 2.24) is 5.32 Å². The zero-order chi connectivity index (χ0) is 15.6. The van der Waals surface area contributed by atoms with Crippen molar-refractivity contribution in [2.45, 2.75) is 33.0 Å². The van der Waals surface area contributed by atoms with Crippen molar-refractivity contribution >= 4 is 5.69 Å². The lowest BCUT2D eigenvalue weighted by atomic mass is 9.95. The molecule has 2 nitrogen and oxygen atoms in total. The maximum Gasteiger partial charge on any atom is 0.416 e. The summed E-state index contributed by atoms with van der Waals surface area (Å²) < 4.78 is 39.6. The van der Waals surface area contributed by atoms with Crippen LogP contribution in [0.2, 0.25) is 0 Å². The number of benzene rings is 1. The third-order valence-corrected chi connectivity index (χ3v) is 4.30. The molecule has 1 aliphatic heterocycles. The molecule has 2 rings (SSSR count). The first-order valence-electron chi connectivity index (χ1n) is 7.42. The second kappa shape index (κ2) is 6.26. The highest BCUT2D eigenvalue weighted by Gasteiger charge is 2.34. The van der Waals surface area contributed by atoms with Gasteiger partial charge >= 0.3 is 6.18 Å². The largest absolute Gasteiger partial charge is 0.416 e. The van der Waals surface area contributed by atoms with Crippen LogP contribution in [0, 0.1) is 11.8 Å². The predicted octanol–water partition coefficient (Wildman–Crippen LogP) is 3.91. The number of nitrogens with one attached hydrogen (secondary N) is 1. The van der Waals surface area contributed by atoms with E-state index in [1.54, 1.807) is 13.1 Å². The highest BCUT2D eigenvalue weighted by atomic mass is 19.4. The van der Waals surface area contributed by atoms with E-state index in [1.165, 1.54) is 6.07 Å². The van der Waals surface area contributed by atoms with Gasteiger partial charge < -0.3 is 10.2 Å². The van der Waals surface area contributed by atoms with Crippen LogP contribution in [-0.4, -0.2) is 20.1 Å². The summed E-state index contributed by atoms with van der Waals surface area (Å²) in [5.74, 6) is 1.14. The molecule has 0 radical (unpaired) electrons. The molecule has 0 bridgehead atoms. The molecule has 21 heavy (non-hydrogen) atoms. The number of hydrogen-bond acceptors (Lipinski definition) is 2. The van der Waals surface area contributed by atoms with Gasteiger partial charge in [-0.25, -0.2) is 0 Å². The molecule has 1 aromatic carbocycles. The average Bonchev–Trinajstić information content (AvgIpc) is 2.88. The highest BCUT2D eigenvalue weighted by molar-refractivity contribution is 5.52. The maximum atomic E-state index is 13.2. The van der Waals surface area contributed by atoms with Gasteiger partial charge in [-0.2, -0.15) is 13.2 Å². The van der Waals surface area contributed by atoms with E-state index in [-0.39, 0.29) is 6.54 Å². The second-order valence-electron chi connectivity index (χ2n) is 6.11. The zero-order valence-electron chi connectivity index (χ0n) is 12.8. The molecule has 1 aliphatic rings. The molecule has 5 heteroatoms. The molecule has 0 aliphatic carbocycles. The fraction of sp³-hybridized carbons (Fsp3) is 0.625. The van der Waals surface area contributed by atoms with Crippen molar-refractivity contribution < 1.29 is 13.2 Å². The van der Waals surface area contributed by atoms with Crippen LogP contribution < -0.4 is 10.2 Å². The van der Waals surface area contributed by atoms with Gasteiger partial charge in [-0.15, -0.1) is 0 Å². The van der Waals surface area contributed by atoms with E-state index in [4.69, 9.17) is 0 Å². The highest BCUT2D eigenvalue weighted by Crippen LogP contribution is 2.36.